The topological polar surface area (TPSA) is 50.7 Å². The molecule has 31 heavy (non-hydrogen) atoms. The SMILES string of the molecule is FC(F)(F)c1cccc(-c2cc(NCCc3ccccc3)nc(-c3ccncc3)n2)c1. The molecule has 2 heterocycles. The average molecular weight is 420 g/mol. The maximum atomic E-state index is 13.2. The lowest BCUT2D eigenvalue weighted by atomic mass is 10.1. The summed E-state index contributed by atoms with van der Waals surface area (Å²) in [6.07, 6.45) is -0.391. The lowest BCUT2D eigenvalue weighted by molar-refractivity contribution is -0.137. The van der Waals surface area contributed by atoms with Crippen LogP contribution < -0.4 is 5.32 Å². The molecule has 2 aromatic heterocycles. The summed E-state index contributed by atoms with van der Waals surface area (Å²) in [4.78, 5) is 13.1. The number of halogens is 3. The number of pyridine rings is 1. The van der Waals surface area contributed by atoms with Crippen LogP contribution >= 0.6 is 0 Å². The Morgan fingerprint density at radius 3 is 2.29 bits per heavy atom. The summed E-state index contributed by atoms with van der Waals surface area (Å²) in [7, 11) is 0. The van der Waals surface area contributed by atoms with Crippen LogP contribution in [0, 0.1) is 0 Å². The second-order valence-electron chi connectivity index (χ2n) is 6.94. The van der Waals surface area contributed by atoms with Crippen LogP contribution in [0.3, 0.4) is 0 Å². The highest BCUT2D eigenvalue weighted by atomic mass is 19.4. The van der Waals surface area contributed by atoms with Gasteiger partial charge < -0.3 is 5.32 Å². The Bertz CT molecular complexity index is 1150. The summed E-state index contributed by atoms with van der Waals surface area (Å²) in [5.74, 6) is 0.963. The van der Waals surface area contributed by atoms with Gasteiger partial charge in [0.1, 0.15) is 5.82 Å². The van der Waals surface area contributed by atoms with Crippen LogP contribution in [-0.4, -0.2) is 21.5 Å². The van der Waals surface area contributed by atoms with E-state index in [1.807, 2.05) is 30.3 Å². The van der Waals surface area contributed by atoms with Gasteiger partial charge in [-0.1, -0.05) is 42.5 Å². The Balaban J connectivity index is 1.67. The van der Waals surface area contributed by atoms with E-state index in [4.69, 9.17) is 0 Å². The van der Waals surface area contributed by atoms with Crippen LogP contribution in [0.4, 0.5) is 19.0 Å². The zero-order valence-electron chi connectivity index (χ0n) is 16.5. The number of hydrogen-bond acceptors (Lipinski definition) is 4. The van der Waals surface area contributed by atoms with E-state index < -0.39 is 11.7 Å². The van der Waals surface area contributed by atoms with Gasteiger partial charge in [-0.3, -0.25) is 4.98 Å². The van der Waals surface area contributed by atoms with Crippen molar-refractivity contribution < 1.29 is 13.2 Å². The summed E-state index contributed by atoms with van der Waals surface area (Å²) in [6.45, 7) is 0.624. The van der Waals surface area contributed by atoms with Crippen LogP contribution in [0.1, 0.15) is 11.1 Å². The van der Waals surface area contributed by atoms with E-state index in [1.165, 1.54) is 11.6 Å². The molecule has 0 saturated heterocycles. The number of rotatable bonds is 6. The number of nitrogens with zero attached hydrogens (tertiary/aromatic N) is 3. The summed E-state index contributed by atoms with van der Waals surface area (Å²) in [5, 5.41) is 3.27. The number of benzene rings is 2. The molecule has 1 N–H and O–H groups in total. The number of alkyl halides is 3. The Kier molecular flexibility index (Phi) is 5.93. The van der Waals surface area contributed by atoms with Gasteiger partial charge in [0.2, 0.25) is 0 Å². The van der Waals surface area contributed by atoms with Gasteiger partial charge in [-0.2, -0.15) is 13.2 Å². The Labute approximate surface area is 177 Å². The molecule has 0 aliphatic carbocycles. The molecule has 2 aromatic carbocycles. The van der Waals surface area contributed by atoms with Crippen molar-refractivity contribution in [3.8, 4) is 22.6 Å². The maximum Gasteiger partial charge on any atom is 0.416 e. The quantitative estimate of drug-likeness (QED) is 0.423. The minimum atomic E-state index is -4.42. The van der Waals surface area contributed by atoms with Crippen LogP contribution in [0.5, 0.6) is 0 Å². The standard InChI is InChI=1S/C24H19F3N4/c25-24(26,27)20-8-4-7-19(15-20)21-16-22(29-14-9-17-5-2-1-3-6-17)31-23(30-21)18-10-12-28-13-11-18/h1-8,10-13,15-16H,9,14H2,(H,29,30,31). The van der Waals surface area contributed by atoms with Gasteiger partial charge >= 0.3 is 6.18 Å². The minimum absolute atomic E-state index is 0.374. The van der Waals surface area contributed by atoms with Crippen molar-refractivity contribution in [1.82, 2.24) is 15.0 Å². The fraction of sp³-hybridized carbons (Fsp3) is 0.125. The van der Waals surface area contributed by atoms with Gasteiger partial charge in [0, 0.05) is 36.1 Å². The first-order chi connectivity index (χ1) is 15.0. The van der Waals surface area contributed by atoms with Crippen LogP contribution in [-0.2, 0) is 12.6 Å². The van der Waals surface area contributed by atoms with Crippen molar-refractivity contribution in [2.45, 2.75) is 12.6 Å². The fourth-order valence-electron chi connectivity index (χ4n) is 3.15. The number of aromatic nitrogens is 3. The van der Waals surface area contributed by atoms with E-state index in [1.54, 1.807) is 36.7 Å². The normalized spacial score (nSPS) is 11.3. The highest BCUT2D eigenvalue weighted by Gasteiger charge is 2.30. The summed E-state index contributed by atoms with van der Waals surface area (Å²) >= 11 is 0. The van der Waals surface area contributed by atoms with E-state index in [9.17, 15) is 13.2 Å². The summed E-state index contributed by atoms with van der Waals surface area (Å²) in [6, 6.07) is 20.3. The van der Waals surface area contributed by atoms with Crippen molar-refractivity contribution in [3.63, 3.8) is 0 Å². The van der Waals surface area contributed by atoms with Crippen molar-refractivity contribution in [1.29, 1.82) is 0 Å². The zero-order valence-corrected chi connectivity index (χ0v) is 16.5. The maximum absolute atomic E-state index is 13.2. The number of anilines is 1. The number of hydrogen-bond donors (Lipinski definition) is 1. The highest BCUT2D eigenvalue weighted by molar-refractivity contribution is 5.68. The molecule has 4 nitrogen and oxygen atoms in total. The van der Waals surface area contributed by atoms with E-state index >= 15 is 0 Å². The van der Waals surface area contributed by atoms with Crippen molar-refractivity contribution in [2.24, 2.45) is 0 Å². The fourth-order valence-corrected chi connectivity index (χ4v) is 3.15. The first kappa shape index (κ1) is 20.5. The third kappa shape index (κ3) is 5.25. The third-order valence-corrected chi connectivity index (χ3v) is 4.71. The molecule has 0 radical (unpaired) electrons. The molecule has 0 unspecified atom stereocenters. The Morgan fingerprint density at radius 1 is 0.774 bits per heavy atom. The van der Waals surface area contributed by atoms with Crippen molar-refractivity contribution >= 4 is 5.82 Å². The summed E-state index contributed by atoms with van der Waals surface area (Å²) < 4.78 is 39.5. The first-order valence-corrected chi connectivity index (χ1v) is 9.74. The molecule has 4 rings (SSSR count). The van der Waals surface area contributed by atoms with Crippen molar-refractivity contribution in [2.75, 3.05) is 11.9 Å². The predicted molar refractivity (Wildman–Crippen MR) is 114 cm³/mol. The molecule has 0 spiro atoms. The molecule has 0 aliphatic rings. The molecule has 0 fully saturated rings. The third-order valence-electron chi connectivity index (χ3n) is 4.71. The monoisotopic (exact) mass is 420 g/mol. The van der Waals surface area contributed by atoms with Crippen LogP contribution in [0.2, 0.25) is 0 Å². The van der Waals surface area contributed by atoms with E-state index in [-0.39, 0.29) is 0 Å². The molecular formula is C24H19F3N4. The largest absolute Gasteiger partial charge is 0.416 e. The van der Waals surface area contributed by atoms with Gasteiger partial charge in [0.25, 0.3) is 0 Å². The molecule has 0 atom stereocenters. The molecular weight excluding hydrogens is 401 g/mol. The number of nitrogens with one attached hydrogen (secondary N) is 1. The van der Waals surface area contributed by atoms with Gasteiger partial charge in [0.05, 0.1) is 11.3 Å². The van der Waals surface area contributed by atoms with Crippen molar-refractivity contribution in [3.05, 3.63) is 96.3 Å². The van der Waals surface area contributed by atoms with E-state index in [2.05, 4.69) is 20.3 Å². The molecule has 156 valence electrons. The minimum Gasteiger partial charge on any atom is -0.370 e. The first-order valence-electron chi connectivity index (χ1n) is 9.74. The van der Waals surface area contributed by atoms with Crippen LogP contribution in [0.25, 0.3) is 22.6 Å². The Morgan fingerprint density at radius 2 is 1.55 bits per heavy atom. The second kappa shape index (κ2) is 8.95. The molecule has 0 amide bonds. The van der Waals surface area contributed by atoms with Gasteiger partial charge in [-0.25, -0.2) is 9.97 Å². The lowest BCUT2D eigenvalue weighted by Gasteiger charge is -2.12. The van der Waals surface area contributed by atoms with Crippen LogP contribution in [0.15, 0.2) is 85.2 Å². The average Bonchev–Trinajstić information content (AvgIpc) is 2.80. The summed E-state index contributed by atoms with van der Waals surface area (Å²) in [5.41, 5.74) is 1.98. The molecule has 4 aromatic rings. The second-order valence-corrected chi connectivity index (χ2v) is 6.94. The van der Waals surface area contributed by atoms with Gasteiger partial charge in [-0.05, 0) is 36.2 Å². The van der Waals surface area contributed by atoms with Gasteiger partial charge in [-0.15, -0.1) is 0 Å². The van der Waals surface area contributed by atoms with E-state index in [0.29, 0.717) is 29.4 Å². The molecule has 0 saturated carbocycles. The molecule has 0 aliphatic heterocycles. The smallest absolute Gasteiger partial charge is 0.370 e. The zero-order chi connectivity index (χ0) is 21.7. The Hall–Kier alpha value is -3.74. The lowest BCUT2D eigenvalue weighted by Crippen LogP contribution is -2.08. The van der Waals surface area contributed by atoms with E-state index in [0.717, 1.165) is 24.1 Å². The molecule has 0 bridgehead atoms. The van der Waals surface area contributed by atoms with Gasteiger partial charge in [0.15, 0.2) is 5.82 Å². The molecule has 7 heteroatoms. The predicted octanol–water partition coefficient (Wildman–Crippen LogP) is 5.88. The highest BCUT2D eigenvalue weighted by Crippen LogP contribution is 2.32.